The lowest BCUT2D eigenvalue weighted by Crippen LogP contribution is -2.23. The average Bonchev–Trinajstić information content (AvgIpc) is 2.55. The highest BCUT2D eigenvalue weighted by Gasteiger charge is 2.22. The van der Waals surface area contributed by atoms with Crippen molar-refractivity contribution in [2.45, 2.75) is 18.6 Å². The minimum atomic E-state index is -0.980. The van der Waals surface area contributed by atoms with Crippen LogP contribution in [0.1, 0.15) is 18.1 Å². The number of rotatable bonds is 5. The molecule has 15 heavy (non-hydrogen) atoms. The summed E-state index contributed by atoms with van der Waals surface area (Å²) in [7, 11) is 3.48. The summed E-state index contributed by atoms with van der Waals surface area (Å²) in [5.74, 6) is 0.381. The van der Waals surface area contributed by atoms with E-state index in [9.17, 15) is 10.2 Å². The van der Waals surface area contributed by atoms with Gasteiger partial charge in [-0.25, -0.2) is 0 Å². The maximum atomic E-state index is 9.80. The molecule has 0 aromatic carbocycles. The average molecular weight is 214 g/mol. The number of aliphatic hydroxyl groups excluding tert-OH is 2. The Labute approximate surface area is 88.7 Å². The van der Waals surface area contributed by atoms with E-state index < -0.39 is 12.2 Å². The lowest BCUT2D eigenvalue weighted by atomic mass is 10.0. The molecule has 0 bridgehead atoms. The van der Waals surface area contributed by atoms with Crippen molar-refractivity contribution in [2.24, 2.45) is 7.05 Å². The fraction of sp³-hybridized carbons (Fsp3) is 0.667. The predicted octanol–water partition coefficient (Wildman–Crippen LogP) is -0.994. The first-order valence-electron chi connectivity index (χ1n) is 4.86. The maximum absolute atomic E-state index is 9.80. The Balaban J connectivity index is 2.67. The number of nitrogens with one attached hydrogen (secondary N) is 1. The molecule has 1 heterocycles. The molecule has 0 amide bonds. The van der Waals surface area contributed by atoms with Crippen LogP contribution in [-0.2, 0) is 7.05 Å². The number of aryl methyl sites for hydroxylation is 1. The normalized spacial score (nSPS) is 15.2. The third-order valence-corrected chi connectivity index (χ3v) is 2.39. The molecular formula is C9H18N4O2. The Bertz CT molecular complexity index is 313. The van der Waals surface area contributed by atoms with E-state index in [0.29, 0.717) is 24.3 Å². The van der Waals surface area contributed by atoms with Crippen LogP contribution in [0.25, 0.3) is 0 Å². The summed E-state index contributed by atoms with van der Waals surface area (Å²) in [6.07, 6.45) is 0.130. The van der Waals surface area contributed by atoms with E-state index in [1.807, 2.05) is 0 Å². The van der Waals surface area contributed by atoms with Crippen molar-refractivity contribution < 1.29 is 10.2 Å². The molecule has 0 saturated heterocycles. The maximum Gasteiger partial charge on any atom is 0.127 e. The van der Waals surface area contributed by atoms with Gasteiger partial charge in [0.2, 0.25) is 0 Å². The lowest BCUT2D eigenvalue weighted by molar-refractivity contribution is 0.0144. The van der Waals surface area contributed by atoms with Crippen LogP contribution in [0.5, 0.6) is 0 Å². The van der Waals surface area contributed by atoms with Gasteiger partial charge in [0.25, 0.3) is 0 Å². The van der Waals surface area contributed by atoms with Crippen molar-refractivity contribution in [3.8, 4) is 0 Å². The summed E-state index contributed by atoms with van der Waals surface area (Å²) < 4.78 is 1.46. The van der Waals surface area contributed by atoms with Crippen molar-refractivity contribution in [3.63, 3.8) is 0 Å². The van der Waals surface area contributed by atoms with Crippen LogP contribution < -0.4 is 11.1 Å². The highest BCUT2D eigenvalue weighted by atomic mass is 16.3. The summed E-state index contributed by atoms with van der Waals surface area (Å²) in [4.78, 5) is 0. The predicted molar refractivity (Wildman–Crippen MR) is 57.1 cm³/mol. The third-order valence-electron chi connectivity index (χ3n) is 2.39. The van der Waals surface area contributed by atoms with E-state index in [1.54, 1.807) is 14.1 Å². The first-order valence-corrected chi connectivity index (χ1v) is 4.86. The van der Waals surface area contributed by atoms with Gasteiger partial charge in [0.05, 0.1) is 12.3 Å². The molecule has 0 spiro atoms. The Morgan fingerprint density at radius 1 is 1.60 bits per heavy atom. The first-order chi connectivity index (χ1) is 7.07. The summed E-state index contributed by atoms with van der Waals surface area (Å²) in [5, 5.41) is 26.3. The summed E-state index contributed by atoms with van der Waals surface area (Å²) in [6.45, 7) is 0.637. The van der Waals surface area contributed by atoms with Gasteiger partial charge >= 0.3 is 0 Å². The molecule has 1 aromatic heterocycles. The molecule has 86 valence electrons. The van der Waals surface area contributed by atoms with E-state index in [0.717, 1.165) is 0 Å². The van der Waals surface area contributed by atoms with E-state index in [2.05, 4.69) is 10.4 Å². The van der Waals surface area contributed by atoms with Gasteiger partial charge < -0.3 is 21.3 Å². The van der Waals surface area contributed by atoms with Gasteiger partial charge in [-0.2, -0.15) is 5.10 Å². The van der Waals surface area contributed by atoms with Gasteiger partial charge in [-0.3, -0.25) is 4.68 Å². The number of anilines is 1. The zero-order valence-electron chi connectivity index (χ0n) is 9.01. The number of nitrogens with zero attached hydrogens (tertiary/aromatic N) is 2. The Morgan fingerprint density at radius 3 is 2.73 bits per heavy atom. The minimum absolute atomic E-state index is 0.381. The molecule has 2 atom stereocenters. The van der Waals surface area contributed by atoms with E-state index in [-0.39, 0.29) is 0 Å². The van der Waals surface area contributed by atoms with E-state index in [1.165, 1.54) is 10.9 Å². The second-order valence-electron chi connectivity index (χ2n) is 3.51. The summed E-state index contributed by atoms with van der Waals surface area (Å²) in [6, 6.07) is 0. The van der Waals surface area contributed by atoms with Gasteiger partial charge in [0.1, 0.15) is 11.9 Å². The van der Waals surface area contributed by atoms with Crippen molar-refractivity contribution in [1.82, 2.24) is 15.1 Å². The van der Waals surface area contributed by atoms with Crippen LogP contribution in [0, 0.1) is 0 Å². The molecule has 1 aromatic rings. The zero-order chi connectivity index (χ0) is 11.4. The Morgan fingerprint density at radius 2 is 2.27 bits per heavy atom. The number of aromatic nitrogens is 2. The van der Waals surface area contributed by atoms with Crippen LogP contribution in [-0.4, -0.2) is 39.7 Å². The molecule has 0 aliphatic carbocycles. The smallest absolute Gasteiger partial charge is 0.127 e. The second kappa shape index (κ2) is 5.11. The van der Waals surface area contributed by atoms with Gasteiger partial charge in [-0.1, -0.05) is 0 Å². The number of nitrogen functional groups attached to an aromatic ring is 1. The van der Waals surface area contributed by atoms with Crippen LogP contribution in [0.3, 0.4) is 0 Å². The minimum Gasteiger partial charge on any atom is -0.390 e. The topological polar surface area (TPSA) is 96.3 Å². The molecular weight excluding hydrogens is 196 g/mol. The molecule has 1 rings (SSSR count). The van der Waals surface area contributed by atoms with Crippen molar-refractivity contribution in [1.29, 1.82) is 0 Å². The van der Waals surface area contributed by atoms with Gasteiger partial charge in [0, 0.05) is 12.6 Å². The van der Waals surface area contributed by atoms with Crippen molar-refractivity contribution >= 4 is 5.82 Å². The molecule has 0 radical (unpaired) electrons. The fourth-order valence-corrected chi connectivity index (χ4v) is 1.35. The monoisotopic (exact) mass is 214 g/mol. The van der Waals surface area contributed by atoms with E-state index >= 15 is 0 Å². The first kappa shape index (κ1) is 12.0. The highest BCUT2D eigenvalue weighted by molar-refractivity contribution is 5.40. The van der Waals surface area contributed by atoms with E-state index in [4.69, 9.17) is 5.73 Å². The van der Waals surface area contributed by atoms with Crippen LogP contribution in [0.4, 0.5) is 5.82 Å². The van der Waals surface area contributed by atoms with Crippen molar-refractivity contribution in [2.75, 3.05) is 19.3 Å². The number of hydrogen-bond acceptors (Lipinski definition) is 5. The third kappa shape index (κ3) is 2.68. The molecule has 0 aliphatic heterocycles. The van der Waals surface area contributed by atoms with Crippen LogP contribution in [0.15, 0.2) is 6.20 Å². The summed E-state index contributed by atoms with van der Waals surface area (Å²) >= 11 is 0. The SMILES string of the molecule is CNCCC(O)C(O)c1cnn(C)c1N. The fourth-order valence-electron chi connectivity index (χ4n) is 1.35. The molecule has 0 saturated carbocycles. The molecule has 0 aliphatic rings. The van der Waals surface area contributed by atoms with Gasteiger partial charge in [0.15, 0.2) is 0 Å². The molecule has 2 unspecified atom stereocenters. The highest BCUT2D eigenvalue weighted by Crippen LogP contribution is 2.23. The lowest BCUT2D eigenvalue weighted by Gasteiger charge is -2.17. The quantitative estimate of drug-likeness (QED) is 0.504. The Hall–Kier alpha value is -1.11. The van der Waals surface area contributed by atoms with Crippen LogP contribution in [0.2, 0.25) is 0 Å². The second-order valence-corrected chi connectivity index (χ2v) is 3.51. The molecule has 6 nitrogen and oxygen atoms in total. The zero-order valence-corrected chi connectivity index (χ0v) is 9.01. The Kier molecular flexibility index (Phi) is 4.07. The molecule has 0 fully saturated rings. The molecule has 5 N–H and O–H groups in total. The number of hydrogen-bond donors (Lipinski definition) is 4. The van der Waals surface area contributed by atoms with Gasteiger partial charge in [-0.15, -0.1) is 0 Å². The summed E-state index contributed by atoms with van der Waals surface area (Å²) in [5.41, 5.74) is 6.16. The van der Waals surface area contributed by atoms with Crippen LogP contribution >= 0.6 is 0 Å². The number of nitrogens with two attached hydrogens (primary N) is 1. The largest absolute Gasteiger partial charge is 0.390 e. The van der Waals surface area contributed by atoms with Crippen molar-refractivity contribution in [3.05, 3.63) is 11.8 Å². The number of aliphatic hydroxyl groups is 2. The molecule has 6 heteroatoms. The van der Waals surface area contributed by atoms with Gasteiger partial charge in [-0.05, 0) is 20.0 Å². The standard InChI is InChI=1S/C9H18N4O2/c1-11-4-3-7(14)8(15)6-5-12-13(2)9(6)10/h5,7-8,11,14-15H,3-4,10H2,1-2H3.